The number of rotatable bonds is 5. The summed E-state index contributed by atoms with van der Waals surface area (Å²) in [6.45, 7) is 2.15. The van der Waals surface area contributed by atoms with Crippen molar-refractivity contribution in [2.75, 3.05) is 20.2 Å². The SMILES string of the molecule is Cc1ccc(S(=O)(=O)N(C)C/C=C/C2CCOS(=O)(=O)N2)cc1.O=C=O. The molecule has 1 aromatic carbocycles. The van der Waals surface area contributed by atoms with Gasteiger partial charge in [-0.3, -0.25) is 4.18 Å². The second-order valence-electron chi connectivity index (χ2n) is 5.40. The zero-order chi connectivity index (χ0) is 19.8. The maximum Gasteiger partial charge on any atom is 0.373 e. The molecule has 0 bridgehead atoms. The summed E-state index contributed by atoms with van der Waals surface area (Å²) in [6, 6.07) is 6.24. The first-order valence-electron chi connectivity index (χ1n) is 7.48. The summed E-state index contributed by atoms with van der Waals surface area (Å²) < 4.78 is 55.4. The van der Waals surface area contributed by atoms with E-state index in [4.69, 9.17) is 9.59 Å². The van der Waals surface area contributed by atoms with Crippen LogP contribution in [0.15, 0.2) is 41.3 Å². The van der Waals surface area contributed by atoms with Crippen LogP contribution in [0.25, 0.3) is 0 Å². The summed E-state index contributed by atoms with van der Waals surface area (Å²) in [7, 11) is -5.77. The van der Waals surface area contributed by atoms with Crippen molar-refractivity contribution in [1.29, 1.82) is 0 Å². The molecule has 1 fully saturated rings. The van der Waals surface area contributed by atoms with Gasteiger partial charge in [0.2, 0.25) is 10.0 Å². The number of nitrogens with zero attached hydrogens (tertiary/aromatic N) is 1. The van der Waals surface area contributed by atoms with Crippen LogP contribution in [0.1, 0.15) is 12.0 Å². The number of nitrogens with one attached hydrogen (secondary N) is 1. The van der Waals surface area contributed by atoms with Gasteiger partial charge in [-0.2, -0.15) is 27.0 Å². The third kappa shape index (κ3) is 6.79. The molecule has 1 aliphatic heterocycles. The molecule has 0 aliphatic carbocycles. The Bertz CT molecular complexity index is 856. The maximum atomic E-state index is 12.4. The fourth-order valence-electron chi connectivity index (χ4n) is 2.06. The Kier molecular flexibility index (Phi) is 8.28. The number of hydrogen-bond donors (Lipinski definition) is 1. The van der Waals surface area contributed by atoms with Crippen molar-refractivity contribution in [1.82, 2.24) is 9.03 Å². The summed E-state index contributed by atoms with van der Waals surface area (Å²) in [5, 5.41) is 0. The van der Waals surface area contributed by atoms with Crippen LogP contribution in [0, 0.1) is 6.92 Å². The lowest BCUT2D eigenvalue weighted by molar-refractivity contribution is -0.191. The summed E-state index contributed by atoms with van der Waals surface area (Å²) in [6.07, 6.45) is 4.02. The predicted molar refractivity (Wildman–Crippen MR) is 91.6 cm³/mol. The number of sulfonamides is 1. The molecule has 1 atom stereocenters. The normalized spacial score (nSPS) is 19.6. The molecule has 0 radical (unpaired) electrons. The van der Waals surface area contributed by atoms with Gasteiger partial charge in [0.05, 0.1) is 11.5 Å². The topological polar surface area (TPSA) is 127 Å². The van der Waals surface area contributed by atoms with Crippen molar-refractivity contribution < 1.29 is 30.6 Å². The highest BCUT2D eigenvalue weighted by Crippen LogP contribution is 2.15. The van der Waals surface area contributed by atoms with Crippen molar-refractivity contribution >= 4 is 26.5 Å². The van der Waals surface area contributed by atoms with Crippen molar-refractivity contribution in [3.8, 4) is 0 Å². The Morgan fingerprint density at radius 3 is 2.42 bits per heavy atom. The second kappa shape index (κ2) is 9.72. The molecule has 1 unspecified atom stereocenters. The fourth-order valence-corrected chi connectivity index (χ4v) is 4.13. The van der Waals surface area contributed by atoms with E-state index in [0.717, 1.165) is 5.56 Å². The lowest BCUT2D eigenvalue weighted by atomic mass is 10.2. The molecular weight excluding hydrogens is 384 g/mol. The molecule has 11 heteroatoms. The van der Waals surface area contributed by atoms with Crippen LogP contribution in [0.2, 0.25) is 0 Å². The van der Waals surface area contributed by atoms with Gasteiger partial charge in [-0.25, -0.2) is 8.42 Å². The van der Waals surface area contributed by atoms with E-state index in [-0.39, 0.29) is 30.2 Å². The van der Waals surface area contributed by atoms with E-state index in [2.05, 4.69) is 8.91 Å². The summed E-state index contributed by atoms with van der Waals surface area (Å²) >= 11 is 0. The van der Waals surface area contributed by atoms with Crippen LogP contribution in [0.3, 0.4) is 0 Å². The van der Waals surface area contributed by atoms with E-state index >= 15 is 0 Å². The molecular formula is C15H20N2O7S2. The van der Waals surface area contributed by atoms with Gasteiger partial charge in [0.15, 0.2) is 0 Å². The first-order chi connectivity index (χ1) is 12.1. The van der Waals surface area contributed by atoms with Crippen LogP contribution >= 0.6 is 0 Å². The van der Waals surface area contributed by atoms with Gasteiger partial charge in [-0.05, 0) is 25.5 Å². The van der Waals surface area contributed by atoms with E-state index in [9.17, 15) is 16.8 Å². The quantitative estimate of drug-likeness (QED) is 0.695. The Hall–Kier alpha value is -1.88. The van der Waals surface area contributed by atoms with Gasteiger partial charge >= 0.3 is 16.5 Å². The van der Waals surface area contributed by atoms with Crippen LogP contribution in [0.5, 0.6) is 0 Å². The van der Waals surface area contributed by atoms with Crippen LogP contribution in [-0.2, 0) is 34.1 Å². The van der Waals surface area contributed by atoms with Crippen LogP contribution < -0.4 is 4.72 Å². The van der Waals surface area contributed by atoms with Gasteiger partial charge in [0.1, 0.15) is 0 Å². The Morgan fingerprint density at radius 1 is 1.31 bits per heavy atom. The lowest BCUT2D eigenvalue weighted by Gasteiger charge is -2.20. The number of hydrogen-bond acceptors (Lipinski definition) is 7. The molecule has 26 heavy (non-hydrogen) atoms. The van der Waals surface area contributed by atoms with Crippen LogP contribution in [-0.4, -0.2) is 53.5 Å². The first kappa shape index (κ1) is 22.2. The van der Waals surface area contributed by atoms with Gasteiger partial charge in [0, 0.05) is 19.6 Å². The maximum absolute atomic E-state index is 12.4. The predicted octanol–water partition coefficient (Wildman–Crippen LogP) is 0.212. The molecule has 1 saturated heterocycles. The molecule has 9 nitrogen and oxygen atoms in total. The van der Waals surface area contributed by atoms with E-state index in [1.807, 2.05) is 6.92 Å². The number of aryl methyl sites for hydroxylation is 1. The zero-order valence-corrected chi connectivity index (χ0v) is 15.9. The van der Waals surface area contributed by atoms with Crippen molar-refractivity contribution in [3.05, 3.63) is 42.0 Å². The molecule has 2 rings (SSSR count). The Morgan fingerprint density at radius 2 is 1.88 bits per heavy atom. The molecule has 144 valence electrons. The Labute approximate surface area is 153 Å². The zero-order valence-electron chi connectivity index (χ0n) is 14.3. The van der Waals surface area contributed by atoms with Gasteiger partial charge < -0.3 is 0 Å². The van der Waals surface area contributed by atoms with E-state index in [0.29, 0.717) is 6.42 Å². The average Bonchev–Trinajstić information content (AvgIpc) is 2.55. The monoisotopic (exact) mass is 404 g/mol. The number of carbonyl (C=O) groups excluding carboxylic acids is 2. The van der Waals surface area contributed by atoms with Crippen molar-refractivity contribution in [2.45, 2.75) is 24.3 Å². The molecule has 0 aromatic heterocycles. The number of benzene rings is 1. The minimum absolute atomic E-state index is 0.113. The molecule has 1 aromatic rings. The standard InChI is InChI=1S/C14H20N2O5S2.CO2/c1-12-5-7-14(8-6-12)22(17,18)16(2)10-3-4-13-9-11-21-23(19,20)15-13;2-1-3/h3-8,13,15H,9-11H2,1-2H3;/b4-3+;. The fraction of sp³-hybridized carbons (Fsp3) is 0.400. The summed E-state index contributed by atoms with van der Waals surface area (Å²) in [4.78, 5) is 16.5. The third-order valence-electron chi connectivity index (χ3n) is 3.42. The number of likely N-dealkylation sites (N-methyl/N-ethyl adjacent to an activating group) is 1. The summed E-state index contributed by atoms with van der Waals surface area (Å²) in [5.74, 6) is 0. The molecule has 0 spiro atoms. The van der Waals surface area contributed by atoms with E-state index in [1.54, 1.807) is 36.4 Å². The highest BCUT2D eigenvalue weighted by molar-refractivity contribution is 7.89. The largest absolute Gasteiger partial charge is 0.373 e. The Balaban J connectivity index is 0.00000105. The van der Waals surface area contributed by atoms with E-state index in [1.165, 1.54) is 11.4 Å². The highest BCUT2D eigenvalue weighted by atomic mass is 32.2. The van der Waals surface area contributed by atoms with Crippen molar-refractivity contribution in [3.63, 3.8) is 0 Å². The van der Waals surface area contributed by atoms with Gasteiger partial charge in [-0.1, -0.05) is 29.8 Å². The van der Waals surface area contributed by atoms with E-state index < -0.39 is 20.3 Å². The average molecular weight is 404 g/mol. The molecule has 1 heterocycles. The lowest BCUT2D eigenvalue weighted by Crippen LogP contribution is -2.40. The van der Waals surface area contributed by atoms with Gasteiger partial charge in [0.25, 0.3) is 0 Å². The summed E-state index contributed by atoms with van der Waals surface area (Å²) in [5.41, 5.74) is 0.985. The van der Waals surface area contributed by atoms with Crippen molar-refractivity contribution in [2.24, 2.45) is 0 Å². The molecule has 0 saturated carbocycles. The molecule has 1 N–H and O–H groups in total. The highest BCUT2D eigenvalue weighted by Gasteiger charge is 2.23. The van der Waals surface area contributed by atoms with Gasteiger partial charge in [-0.15, -0.1) is 0 Å². The molecule has 0 amide bonds. The first-order valence-corrected chi connectivity index (χ1v) is 10.3. The smallest absolute Gasteiger partial charge is 0.258 e. The minimum Gasteiger partial charge on any atom is -0.258 e. The second-order valence-corrected chi connectivity index (χ2v) is 8.82. The van der Waals surface area contributed by atoms with Crippen LogP contribution in [0.4, 0.5) is 0 Å². The minimum atomic E-state index is -3.69. The third-order valence-corrected chi connectivity index (χ3v) is 6.33. The molecule has 1 aliphatic rings.